The minimum atomic E-state index is -0.501. The third kappa shape index (κ3) is 4.81. The highest BCUT2D eigenvalue weighted by atomic mass is 35.5. The molecule has 1 aliphatic heterocycles. The van der Waals surface area contributed by atoms with Crippen LogP contribution in [0.5, 0.6) is 0 Å². The van der Waals surface area contributed by atoms with Gasteiger partial charge in [0.25, 0.3) is 0 Å². The quantitative estimate of drug-likeness (QED) is 0.375. The standard InChI is InChI=1S/C14H19ClFN3O/c1-4-12(16)14(17-10(3)15)18-11-7-6-8-19(9-11)13(20)5-2/h4-5,11H,2-3,6-9H2,1H3,(H,17,18)/b12-4+/t11-/m1/s1. The molecule has 1 rings (SSSR count). The molecule has 1 saturated heterocycles. The van der Waals surface area contributed by atoms with E-state index in [0.29, 0.717) is 13.1 Å². The van der Waals surface area contributed by atoms with Gasteiger partial charge in [0, 0.05) is 19.1 Å². The Morgan fingerprint density at radius 3 is 2.85 bits per heavy atom. The van der Waals surface area contributed by atoms with Crippen molar-refractivity contribution in [3.05, 3.63) is 36.3 Å². The van der Waals surface area contributed by atoms with Crippen molar-refractivity contribution in [2.75, 3.05) is 13.1 Å². The van der Waals surface area contributed by atoms with E-state index in [9.17, 15) is 9.18 Å². The molecule has 1 atom stereocenters. The van der Waals surface area contributed by atoms with Crippen molar-refractivity contribution < 1.29 is 9.18 Å². The molecule has 0 spiro atoms. The second-order valence-corrected chi connectivity index (χ2v) is 4.88. The van der Waals surface area contributed by atoms with Crippen molar-refractivity contribution in [3.8, 4) is 0 Å². The van der Waals surface area contributed by atoms with Crippen molar-refractivity contribution in [2.24, 2.45) is 4.99 Å². The van der Waals surface area contributed by atoms with Crippen LogP contribution in [0.4, 0.5) is 4.39 Å². The zero-order valence-electron chi connectivity index (χ0n) is 11.5. The fourth-order valence-corrected chi connectivity index (χ4v) is 2.11. The average molecular weight is 300 g/mol. The Morgan fingerprint density at radius 2 is 2.30 bits per heavy atom. The Bertz CT molecular complexity index is 459. The van der Waals surface area contributed by atoms with Gasteiger partial charge in [-0.3, -0.25) is 4.79 Å². The summed E-state index contributed by atoms with van der Waals surface area (Å²) >= 11 is 5.60. The first-order valence-electron chi connectivity index (χ1n) is 6.41. The van der Waals surface area contributed by atoms with Crippen LogP contribution in [0.3, 0.4) is 0 Å². The van der Waals surface area contributed by atoms with E-state index in [1.807, 2.05) is 0 Å². The number of amides is 1. The van der Waals surface area contributed by atoms with Gasteiger partial charge in [-0.1, -0.05) is 24.8 Å². The van der Waals surface area contributed by atoms with Crippen LogP contribution in [0.1, 0.15) is 19.8 Å². The summed E-state index contributed by atoms with van der Waals surface area (Å²) in [5, 5.41) is 2.98. The third-order valence-corrected chi connectivity index (χ3v) is 3.05. The van der Waals surface area contributed by atoms with Gasteiger partial charge in [-0.15, -0.1) is 0 Å². The van der Waals surface area contributed by atoms with Gasteiger partial charge in [0.1, 0.15) is 5.16 Å². The van der Waals surface area contributed by atoms with Crippen LogP contribution in [0, 0.1) is 0 Å². The SMILES string of the molecule is C=CC(=O)N1CCC[C@@H](NC(=N/C(=C)Cl)/C(F)=C\C)C1. The number of nitrogens with zero attached hydrogens (tertiary/aromatic N) is 2. The molecule has 1 heterocycles. The zero-order valence-corrected chi connectivity index (χ0v) is 12.3. The molecule has 1 N–H and O–H groups in total. The number of aliphatic imine (C=N–C) groups is 1. The van der Waals surface area contributed by atoms with E-state index >= 15 is 0 Å². The average Bonchev–Trinajstić information content (AvgIpc) is 2.44. The first-order valence-corrected chi connectivity index (χ1v) is 6.79. The van der Waals surface area contributed by atoms with Crippen LogP contribution in [0.25, 0.3) is 0 Å². The fraction of sp³-hybridized carbons (Fsp3) is 0.429. The number of likely N-dealkylation sites (tertiary alicyclic amines) is 1. The van der Waals surface area contributed by atoms with E-state index in [1.165, 1.54) is 12.2 Å². The number of hydrogen-bond donors (Lipinski definition) is 1. The summed E-state index contributed by atoms with van der Waals surface area (Å²) in [4.78, 5) is 17.1. The number of carbonyl (C=O) groups excluding carboxylic acids is 1. The maximum absolute atomic E-state index is 13.7. The van der Waals surface area contributed by atoms with Crippen molar-refractivity contribution in [2.45, 2.75) is 25.8 Å². The smallest absolute Gasteiger partial charge is 0.246 e. The second-order valence-electron chi connectivity index (χ2n) is 4.45. The van der Waals surface area contributed by atoms with Crippen LogP contribution in [0.15, 0.2) is 41.3 Å². The molecule has 0 aromatic heterocycles. The second kappa shape index (κ2) is 7.85. The lowest BCUT2D eigenvalue weighted by Crippen LogP contribution is -2.49. The first-order chi connectivity index (χ1) is 9.47. The normalized spacial score (nSPS) is 20.6. The molecule has 0 aliphatic carbocycles. The third-order valence-electron chi connectivity index (χ3n) is 2.96. The number of nitrogens with one attached hydrogen (secondary N) is 1. The molecule has 0 radical (unpaired) electrons. The molecule has 0 unspecified atom stereocenters. The van der Waals surface area contributed by atoms with Gasteiger partial charge in [0.15, 0.2) is 11.7 Å². The number of carbonyl (C=O) groups is 1. The van der Waals surface area contributed by atoms with Gasteiger partial charge in [-0.05, 0) is 31.9 Å². The monoisotopic (exact) mass is 299 g/mol. The number of rotatable bonds is 4. The molecule has 0 aromatic rings. The molecule has 1 aliphatic rings. The summed E-state index contributed by atoms with van der Waals surface area (Å²) in [7, 11) is 0. The van der Waals surface area contributed by atoms with E-state index in [0.717, 1.165) is 12.8 Å². The Morgan fingerprint density at radius 1 is 1.60 bits per heavy atom. The van der Waals surface area contributed by atoms with E-state index in [1.54, 1.807) is 11.8 Å². The van der Waals surface area contributed by atoms with Gasteiger partial charge < -0.3 is 10.2 Å². The predicted molar refractivity (Wildman–Crippen MR) is 80.2 cm³/mol. The molecule has 0 bridgehead atoms. The van der Waals surface area contributed by atoms with E-state index in [2.05, 4.69) is 23.5 Å². The minimum Gasteiger partial charge on any atom is -0.363 e. The highest BCUT2D eigenvalue weighted by Gasteiger charge is 2.23. The van der Waals surface area contributed by atoms with Gasteiger partial charge >= 0.3 is 0 Å². The molecule has 0 saturated carbocycles. The van der Waals surface area contributed by atoms with Crippen molar-refractivity contribution in [1.82, 2.24) is 10.2 Å². The number of piperidine rings is 1. The summed E-state index contributed by atoms with van der Waals surface area (Å²) in [6.07, 6.45) is 4.24. The molecule has 110 valence electrons. The largest absolute Gasteiger partial charge is 0.363 e. The molecule has 6 heteroatoms. The van der Waals surface area contributed by atoms with Gasteiger partial charge in [-0.25, -0.2) is 9.38 Å². The van der Waals surface area contributed by atoms with Crippen LogP contribution in [0.2, 0.25) is 0 Å². The van der Waals surface area contributed by atoms with E-state index < -0.39 is 5.83 Å². The number of allylic oxidation sites excluding steroid dienone is 1. The lowest BCUT2D eigenvalue weighted by molar-refractivity contribution is -0.127. The first kappa shape index (κ1) is 16.4. The molecule has 1 amide bonds. The van der Waals surface area contributed by atoms with Crippen LogP contribution in [-0.2, 0) is 4.79 Å². The number of hydrogen-bond acceptors (Lipinski definition) is 2. The fourth-order valence-electron chi connectivity index (χ4n) is 2.03. The summed E-state index contributed by atoms with van der Waals surface area (Å²) in [6, 6.07) is -0.0758. The summed E-state index contributed by atoms with van der Waals surface area (Å²) < 4.78 is 13.7. The molecule has 1 fully saturated rings. The minimum absolute atomic E-state index is 0.000617. The van der Waals surface area contributed by atoms with Crippen LogP contribution < -0.4 is 5.32 Å². The Hall–Kier alpha value is -1.62. The van der Waals surface area contributed by atoms with Gasteiger partial charge in [0.05, 0.1) is 0 Å². The molecule has 20 heavy (non-hydrogen) atoms. The van der Waals surface area contributed by atoms with Crippen molar-refractivity contribution in [3.63, 3.8) is 0 Å². The molecule has 0 aromatic carbocycles. The van der Waals surface area contributed by atoms with E-state index in [-0.39, 0.29) is 22.9 Å². The maximum Gasteiger partial charge on any atom is 0.246 e. The summed E-state index contributed by atoms with van der Waals surface area (Å²) in [6.45, 7) is 9.63. The number of amidine groups is 1. The zero-order chi connectivity index (χ0) is 15.1. The summed E-state index contributed by atoms with van der Waals surface area (Å²) in [5.74, 6) is -0.576. The van der Waals surface area contributed by atoms with Gasteiger partial charge in [-0.2, -0.15) is 0 Å². The van der Waals surface area contributed by atoms with Crippen molar-refractivity contribution in [1.29, 1.82) is 0 Å². The summed E-state index contributed by atoms with van der Waals surface area (Å²) in [5.41, 5.74) is 0. The number of halogens is 2. The maximum atomic E-state index is 13.7. The Kier molecular flexibility index (Phi) is 6.45. The lowest BCUT2D eigenvalue weighted by Gasteiger charge is -2.33. The molecular formula is C14H19ClFN3O. The Labute approximate surface area is 123 Å². The van der Waals surface area contributed by atoms with Crippen molar-refractivity contribution >= 4 is 23.3 Å². The molecular weight excluding hydrogens is 281 g/mol. The predicted octanol–water partition coefficient (Wildman–Crippen LogP) is 2.73. The molecule has 4 nitrogen and oxygen atoms in total. The van der Waals surface area contributed by atoms with Crippen LogP contribution in [-0.4, -0.2) is 35.8 Å². The lowest BCUT2D eigenvalue weighted by atomic mass is 10.1. The van der Waals surface area contributed by atoms with E-state index in [4.69, 9.17) is 11.6 Å². The highest BCUT2D eigenvalue weighted by molar-refractivity contribution is 6.29. The van der Waals surface area contributed by atoms with Gasteiger partial charge in [0.2, 0.25) is 5.91 Å². The topological polar surface area (TPSA) is 44.7 Å². The van der Waals surface area contributed by atoms with Crippen LogP contribution >= 0.6 is 11.6 Å². The highest BCUT2D eigenvalue weighted by Crippen LogP contribution is 2.13. The Balaban J connectivity index is 2.76.